The van der Waals surface area contributed by atoms with Crippen molar-refractivity contribution in [1.29, 1.82) is 0 Å². The van der Waals surface area contributed by atoms with Crippen molar-refractivity contribution >= 4 is 17.7 Å². The second kappa shape index (κ2) is 10.3. The average Bonchev–Trinajstić information content (AvgIpc) is 2.25. The maximum absolute atomic E-state index is 11.3. The summed E-state index contributed by atoms with van der Waals surface area (Å²) in [4.78, 5) is 11.3. The summed E-state index contributed by atoms with van der Waals surface area (Å²) < 4.78 is 5.07. The van der Waals surface area contributed by atoms with Crippen molar-refractivity contribution in [2.45, 2.75) is 45.1 Å². The van der Waals surface area contributed by atoms with Crippen LogP contribution in [0.1, 0.15) is 39.0 Å². The first-order valence-electron chi connectivity index (χ1n) is 5.63. The fourth-order valence-electron chi connectivity index (χ4n) is 1.17. The van der Waals surface area contributed by atoms with Crippen LogP contribution < -0.4 is 5.73 Å². The van der Waals surface area contributed by atoms with Gasteiger partial charge in [-0.2, -0.15) is 11.8 Å². The monoisotopic (exact) mass is 233 g/mol. The van der Waals surface area contributed by atoms with Crippen LogP contribution in [0.2, 0.25) is 0 Å². The SMILES string of the molecule is CCCCCCOC(=O)C(N)CCSC. The summed E-state index contributed by atoms with van der Waals surface area (Å²) in [5.74, 6) is 0.659. The molecule has 0 radical (unpaired) electrons. The molecule has 0 aromatic rings. The number of ether oxygens (including phenoxy) is 1. The summed E-state index contributed by atoms with van der Waals surface area (Å²) in [5.41, 5.74) is 5.66. The molecule has 90 valence electrons. The predicted molar refractivity (Wildman–Crippen MR) is 66.1 cm³/mol. The first kappa shape index (κ1) is 14.8. The van der Waals surface area contributed by atoms with Crippen LogP contribution in [0.25, 0.3) is 0 Å². The summed E-state index contributed by atoms with van der Waals surface area (Å²) in [6.45, 7) is 2.68. The average molecular weight is 233 g/mol. The summed E-state index contributed by atoms with van der Waals surface area (Å²) in [7, 11) is 0. The Balaban J connectivity index is 3.38. The van der Waals surface area contributed by atoms with Crippen molar-refractivity contribution in [2.24, 2.45) is 5.73 Å². The Morgan fingerprint density at radius 2 is 2.13 bits per heavy atom. The van der Waals surface area contributed by atoms with E-state index in [0.29, 0.717) is 13.0 Å². The molecule has 0 heterocycles. The molecule has 0 fully saturated rings. The fourth-order valence-corrected chi connectivity index (χ4v) is 1.66. The van der Waals surface area contributed by atoms with Gasteiger partial charge in [0.1, 0.15) is 6.04 Å². The molecule has 2 N–H and O–H groups in total. The first-order chi connectivity index (χ1) is 7.22. The lowest BCUT2D eigenvalue weighted by Crippen LogP contribution is -2.33. The van der Waals surface area contributed by atoms with E-state index in [4.69, 9.17) is 10.5 Å². The Labute approximate surface area is 97.1 Å². The van der Waals surface area contributed by atoms with E-state index in [0.717, 1.165) is 18.6 Å². The zero-order valence-electron chi connectivity index (χ0n) is 9.83. The number of unbranched alkanes of at least 4 members (excludes halogenated alkanes) is 3. The number of esters is 1. The Hall–Kier alpha value is -0.220. The van der Waals surface area contributed by atoms with E-state index in [-0.39, 0.29) is 5.97 Å². The third-order valence-electron chi connectivity index (χ3n) is 2.18. The smallest absolute Gasteiger partial charge is 0.322 e. The molecule has 0 rings (SSSR count). The van der Waals surface area contributed by atoms with E-state index < -0.39 is 6.04 Å². The van der Waals surface area contributed by atoms with Crippen LogP contribution in [0.15, 0.2) is 0 Å². The summed E-state index contributed by atoms with van der Waals surface area (Å²) in [5, 5.41) is 0. The normalized spacial score (nSPS) is 12.5. The number of hydrogen-bond acceptors (Lipinski definition) is 4. The molecule has 0 aromatic heterocycles. The summed E-state index contributed by atoms with van der Waals surface area (Å²) >= 11 is 1.69. The highest BCUT2D eigenvalue weighted by atomic mass is 32.2. The summed E-state index contributed by atoms with van der Waals surface area (Å²) in [6.07, 6.45) is 7.19. The Bertz CT molecular complexity index is 165. The molecule has 4 heteroatoms. The van der Waals surface area contributed by atoms with Gasteiger partial charge in [-0.05, 0) is 24.9 Å². The highest BCUT2D eigenvalue weighted by Crippen LogP contribution is 2.02. The molecule has 3 nitrogen and oxygen atoms in total. The van der Waals surface area contributed by atoms with Gasteiger partial charge in [-0.25, -0.2) is 0 Å². The molecule has 15 heavy (non-hydrogen) atoms. The lowest BCUT2D eigenvalue weighted by Gasteiger charge is -2.10. The molecule has 0 aliphatic heterocycles. The Morgan fingerprint density at radius 3 is 2.73 bits per heavy atom. The third-order valence-corrected chi connectivity index (χ3v) is 2.82. The van der Waals surface area contributed by atoms with Gasteiger partial charge in [0.2, 0.25) is 0 Å². The minimum atomic E-state index is -0.441. The van der Waals surface area contributed by atoms with Gasteiger partial charge in [-0.15, -0.1) is 0 Å². The van der Waals surface area contributed by atoms with Crippen LogP contribution in [0.4, 0.5) is 0 Å². The Morgan fingerprint density at radius 1 is 1.40 bits per heavy atom. The van der Waals surface area contributed by atoms with Crippen LogP contribution in [-0.4, -0.2) is 30.6 Å². The quantitative estimate of drug-likeness (QED) is 0.490. The molecule has 0 bridgehead atoms. The third kappa shape index (κ3) is 8.75. The van der Waals surface area contributed by atoms with Gasteiger partial charge in [0.25, 0.3) is 0 Å². The van der Waals surface area contributed by atoms with Crippen LogP contribution in [0, 0.1) is 0 Å². The standard InChI is InChI=1S/C11H23NO2S/c1-3-4-5-6-8-14-11(13)10(12)7-9-15-2/h10H,3-9,12H2,1-2H3. The molecular formula is C11H23NO2S. The first-order valence-corrected chi connectivity index (χ1v) is 7.03. The van der Waals surface area contributed by atoms with Crippen molar-refractivity contribution in [2.75, 3.05) is 18.6 Å². The van der Waals surface area contributed by atoms with Crippen LogP contribution in [0.5, 0.6) is 0 Å². The number of thioether (sulfide) groups is 1. The van der Waals surface area contributed by atoms with Crippen molar-refractivity contribution in [1.82, 2.24) is 0 Å². The van der Waals surface area contributed by atoms with E-state index in [1.54, 1.807) is 11.8 Å². The van der Waals surface area contributed by atoms with Crippen LogP contribution >= 0.6 is 11.8 Å². The lowest BCUT2D eigenvalue weighted by molar-refractivity contribution is -0.145. The van der Waals surface area contributed by atoms with Gasteiger partial charge >= 0.3 is 5.97 Å². The van der Waals surface area contributed by atoms with E-state index in [9.17, 15) is 4.79 Å². The zero-order chi connectivity index (χ0) is 11.5. The van der Waals surface area contributed by atoms with E-state index in [2.05, 4.69) is 6.92 Å². The van der Waals surface area contributed by atoms with Gasteiger partial charge < -0.3 is 10.5 Å². The number of carbonyl (C=O) groups excluding carboxylic acids is 1. The molecule has 0 saturated carbocycles. The van der Waals surface area contributed by atoms with Crippen molar-refractivity contribution in [3.05, 3.63) is 0 Å². The lowest BCUT2D eigenvalue weighted by atomic mass is 10.2. The van der Waals surface area contributed by atoms with Crippen molar-refractivity contribution < 1.29 is 9.53 Å². The molecule has 0 aliphatic carbocycles. The maximum atomic E-state index is 11.3. The number of nitrogens with two attached hydrogens (primary N) is 1. The molecule has 0 saturated heterocycles. The van der Waals surface area contributed by atoms with Crippen molar-refractivity contribution in [3.63, 3.8) is 0 Å². The van der Waals surface area contributed by atoms with Gasteiger partial charge in [-0.3, -0.25) is 4.79 Å². The van der Waals surface area contributed by atoms with Gasteiger partial charge in [0.05, 0.1) is 6.61 Å². The Kier molecular flexibility index (Phi) is 10.2. The largest absolute Gasteiger partial charge is 0.465 e. The highest BCUT2D eigenvalue weighted by molar-refractivity contribution is 7.98. The number of rotatable bonds is 9. The topological polar surface area (TPSA) is 52.3 Å². The van der Waals surface area contributed by atoms with E-state index in [1.807, 2.05) is 6.26 Å². The molecule has 0 aliphatic rings. The van der Waals surface area contributed by atoms with E-state index in [1.165, 1.54) is 12.8 Å². The molecule has 0 spiro atoms. The molecule has 1 unspecified atom stereocenters. The second-order valence-electron chi connectivity index (χ2n) is 3.62. The second-order valence-corrected chi connectivity index (χ2v) is 4.60. The molecule has 0 amide bonds. The fraction of sp³-hybridized carbons (Fsp3) is 0.909. The molecular weight excluding hydrogens is 210 g/mol. The van der Waals surface area contributed by atoms with Crippen LogP contribution in [0.3, 0.4) is 0 Å². The maximum Gasteiger partial charge on any atom is 0.322 e. The minimum absolute atomic E-state index is 0.249. The number of carbonyl (C=O) groups is 1. The summed E-state index contributed by atoms with van der Waals surface area (Å²) in [6, 6.07) is -0.441. The van der Waals surface area contributed by atoms with Gasteiger partial charge in [-0.1, -0.05) is 26.2 Å². The van der Waals surface area contributed by atoms with Gasteiger partial charge in [0.15, 0.2) is 0 Å². The molecule has 1 atom stereocenters. The zero-order valence-corrected chi connectivity index (χ0v) is 10.6. The van der Waals surface area contributed by atoms with Gasteiger partial charge in [0, 0.05) is 0 Å². The predicted octanol–water partition coefficient (Wildman–Crippen LogP) is 2.19. The molecule has 0 aromatic carbocycles. The number of hydrogen-bond donors (Lipinski definition) is 1. The highest BCUT2D eigenvalue weighted by Gasteiger charge is 2.13. The minimum Gasteiger partial charge on any atom is -0.465 e. The van der Waals surface area contributed by atoms with E-state index >= 15 is 0 Å². The van der Waals surface area contributed by atoms with Crippen LogP contribution in [-0.2, 0) is 9.53 Å². The van der Waals surface area contributed by atoms with Crippen molar-refractivity contribution in [3.8, 4) is 0 Å².